The molecule has 3 nitrogen and oxygen atoms in total. The summed E-state index contributed by atoms with van der Waals surface area (Å²) < 4.78 is 19.0. The molecule has 2 rings (SSSR count). The zero-order valence-corrected chi connectivity index (χ0v) is 10.9. The smallest absolute Gasteiger partial charge is 0.140 e. The second-order valence-corrected chi connectivity index (χ2v) is 4.66. The summed E-state index contributed by atoms with van der Waals surface area (Å²) in [5.41, 5.74) is 3.24. The Morgan fingerprint density at radius 3 is 2.71 bits per heavy atom. The average Bonchev–Trinajstić information content (AvgIpc) is 2.69. The van der Waals surface area contributed by atoms with E-state index < -0.39 is 11.9 Å². The lowest BCUT2D eigenvalue weighted by Crippen LogP contribution is -2.29. The van der Waals surface area contributed by atoms with E-state index in [0.717, 1.165) is 4.47 Å². The Balaban J connectivity index is 2.46. The Bertz CT molecular complexity index is 532. The quantitative estimate of drug-likeness (QED) is 0.673. The number of hydrogen-bond acceptors (Lipinski definition) is 3. The molecule has 0 spiro atoms. The van der Waals surface area contributed by atoms with E-state index in [1.54, 1.807) is 12.1 Å². The van der Waals surface area contributed by atoms with Gasteiger partial charge in [0.1, 0.15) is 17.6 Å². The van der Waals surface area contributed by atoms with Gasteiger partial charge < -0.3 is 4.42 Å². The molecule has 17 heavy (non-hydrogen) atoms. The zero-order valence-electron chi connectivity index (χ0n) is 8.58. The first-order valence-electron chi connectivity index (χ1n) is 4.77. The molecule has 1 atom stereocenters. The number of nitrogens with two attached hydrogens (primary N) is 1. The Morgan fingerprint density at radius 1 is 1.41 bits per heavy atom. The molecule has 6 heteroatoms. The van der Waals surface area contributed by atoms with Gasteiger partial charge in [-0.1, -0.05) is 17.7 Å². The first-order chi connectivity index (χ1) is 8.13. The molecule has 2 aromatic rings. The van der Waals surface area contributed by atoms with Gasteiger partial charge in [-0.3, -0.25) is 5.84 Å². The summed E-state index contributed by atoms with van der Waals surface area (Å²) in [6.45, 7) is 0. The number of hydrogen-bond donors (Lipinski definition) is 2. The fraction of sp³-hybridized carbons (Fsp3) is 0.0909. The fourth-order valence-electron chi connectivity index (χ4n) is 1.55. The van der Waals surface area contributed by atoms with E-state index in [1.165, 1.54) is 18.4 Å². The third kappa shape index (κ3) is 2.52. The number of benzene rings is 1. The van der Waals surface area contributed by atoms with Gasteiger partial charge in [0, 0.05) is 5.02 Å². The molecule has 1 unspecified atom stereocenters. The van der Waals surface area contributed by atoms with E-state index in [2.05, 4.69) is 21.4 Å². The third-order valence-corrected chi connectivity index (χ3v) is 3.33. The van der Waals surface area contributed by atoms with Crippen molar-refractivity contribution in [1.29, 1.82) is 0 Å². The summed E-state index contributed by atoms with van der Waals surface area (Å²) in [7, 11) is 0. The molecule has 0 saturated carbocycles. The van der Waals surface area contributed by atoms with Crippen molar-refractivity contribution < 1.29 is 8.81 Å². The van der Waals surface area contributed by atoms with E-state index in [-0.39, 0.29) is 5.02 Å². The van der Waals surface area contributed by atoms with Gasteiger partial charge in [-0.25, -0.2) is 9.82 Å². The second kappa shape index (κ2) is 5.18. The summed E-state index contributed by atoms with van der Waals surface area (Å²) in [6, 6.07) is 5.43. The van der Waals surface area contributed by atoms with Crippen molar-refractivity contribution in [2.75, 3.05) is 0 Å². The average molecular weight is 320 g/mol. The lowest BCUT2D eigenvalue weighted by molar-refractivity contribution is 0.449. The SMILES string of the molecule is NNC(c1ccc(F)cc1Cl)c1occc1Br. The van der Waals surface area contributed by atoms with E-state index >= 15 is 0 Å². The largest absolute Gasteiger partial charge is 0.466 e. The number of hydrazine groups is 1. The monoisotopic (exact) mass is 318 g/mol. The van der Waals surface area contributed by atoms with Crippen LogP contribution in [0.3, 0.4) is 0 Å². The molecule has 0 aliphatic heterocycles. The van der Waals surface area contributed by atoms with Crippen molar-refractivity contribution in [1.82, 2.24) is 5.43 Å². The van der Waals surface area contributed by atoms with Crippen LogP contribution in [0, 0.1) is 5.82 Å². The summed E-state index contributed by atoms with van der Waals surface area (Å²) in [6.07, 6.45) is 1.53. The Labute approximate surface area is 111 Å². The molecule has 1 aromatic carbocycles. The third-order valence-electron chi connectivity index (χ3n) is 2.35. The van der Waals surface area contributed by atoms with Crippen LogP contribution < -0.4 is 11.3 Å². The maximum absolute atomic E-state index is 13.0. The highest BCUT2D eigenvalue weighted by Crippen LogP contribution is 2.32. The van der Waals surface area contributed by atoms with Crippen LogP contribution >= 0.6 is 27.5 Å². The van der Waals surface area contributed by atoms with E-state index in [4.69, 9.17) is 21.9 Å². The van der Waals surface area contributed by atoms with Crippen molar-refractivity contribution in [2.45, 2.75) is 6.04 Å². The van der Waals surface area contributed by atoms with Crippen LogP contribution in [0.4, 0.5) is 4.39 Å². The maximum Gasteiger partial charge on any atom is 0.140 e. The molecule has 0 aliphatic rings. The van der Waals surface area contributed by atoms with Crippen LogP contribution in [-0.4, -0.2) is 0 Å². The van der Waals surface area contributed by atoms with Gasteiger partial charge in [0.2, 0.25) is 0 Å². The summed E-state index contributed by atoms with van der Waals surface area (Å²) >= 11 is 9.32. The van der Waals surface area contributed by atoms with E-state index in [0.29, 0.717) is 11.3 Å². The normalized spacial score (nSPS) is 12.7. The Hall–Kier alpha value is -0.880. The minimum atomic E-state index is -0.438. The topological polar surface area (TPSA) is 51.2 Å². The molecule has 3 N–H and O–H groups in total. The Morgan fingerprint density at radius 2 is 2.18 bits per heavy atom. The lowest BCUT2D eigenvalue weighted by Gasteiger charge is -2.16. The summed E-state index contributed by atoms with van der Waals surface area (Å²) in [5.74, 6) is 5.68. The highest BCUT2D eigenvalue weighted by atomic mass is 79.9. The van der Waals surface area contributed by atoms with Gasteiger partial charge in [-0.2, -0.15) is 0 Å². The number of nitrogens with one attached hydrogen (secondary N) is 1. The first kappa shape index (κ1) is 12.6. The Kier molecular flexibility index (Phi) is 3.83. The molecule has 0 amide bonds. The maximum atomic E-state index is 13.0. The summed E-state index contributed by atoms with van der Waals surface area (Å²) in [5, 5.41) is 0.288. The highest BCUT2D eigenvalue weighted by Gasteiger charge is 2.21. The van der Waals surface area contributed by atoms with Gasteiger partial charge in [-0.05, 0) is 39.7 Å². The fourth-order valence-corrected chi connectivity index (χ4v) is 2.26. The number of halogens is 3. The van der Waals surface area contributed by atoms with Gasteiger partial charge >= 0.3 is 0 Å². The van der Waals surface area contributed by atoms with Gasteiger partial charge in [0.25, 0.3) is 0 Å². The minimum absolute atomic E-state index is 0.288. The van der Waals surface area contributed by atoms with Crippen molar-refractivity contribution in [3.8, 4) is 0 Å². The van der Waals surface area contributed by atoms with Crippen LogP contribution in [0.1, 0.15) is 17.4 Å². The zero-order chi connectivity index (χ0) is 12.4. The highest BCUT2D eigenvalue weighted by molar-refractivity contribution is 9.10. The molecule has 0 aliphatic carbocycles. The van der Waals surface area contributed by atoms with Crippen LogP contribution in [0.5, 0.6) is 0 Å². The van der Waals surface area contributed by atoms with Crippen molar-refractivity contribution in [3.63, 3.8) is 0 Å². The standard InChI is InChI=1S/C11H9BrClFN2O/c12-8-3-4-17-11(8)10(16-15)7-2-1-6(14)5-9(7)13/h1-5,10,16H,15H2. The minimum Gasteiger partial charge on any atom is -0.466 e. The molecule has 1 aromatic heterocycles. The molecular formula is C11H9BrClFN2O. The molecular weight excluding hydrogens is 310 g/mol. The van der Waals surface area contributed by atoms with Crippen LogP contribution in [0.25, 0.3) is 0 Å². The molecule has 0 radical (unpaired) electrons. The molecule has 0 saturated heterocycles. The predicted molar refractivity (Wildman–Crippen MR) is 67.0 cm³/mol. The van der Waals surface area contributed by atoms with Gasteiger partial charge in [-0.15, -0.1) is 0 Å². The van der Waals surface area contributed by atoms with E-state index in [1.807, 2.05) is 0 Å². The second-order valence-electron chi connectivity index (χ2n) is 3.40. The first-order valence-corrected chi connectivity index (χ1v) is 5.94. The van der Waals surface area contributed by atoms with Crippen LogP contribution in [0.2, 0.25) is 5.02 Å². The molecule has 0 fully saturated rings. The van der Waals surface area contributed by atoms with Crippen molar-refractivity contribution >= 4 is 27.5 Å². The molecule has 90 valence electrons. The summed E-state index contributed by atoms with van der Waals surface area (Å²) in [4.78, 5) is 0. The molecule has 1 heterocycles. The number of furan rings is 1. The number of rotatable bonds is 3. The van der Waals surface area contributed by atoms with Crippen molar-refractivity contribution in [3.05, 3.63) is 57.2 Å². The van der Waals surface area contributed by atoms with E-state index in [9.17, 15) is 4.39 Å². The van der Waals surface area contributed by atoms with Crippen LogP contribution in [-0.2, 0) is 0 Å². The molecule has 0 bridgehead atoms. The van der Waals surface area contributed by atoms with Gasteiger partial charge in [0.05, 0.1) is 10.7 Å². The predicted octanol–water partition coefficient (Wildman–Crippen LogP) is 3.39. The van der Waals surface area contributed by atoms with Crippen molar-refractivity contribution in [2.24, 2.45) is 5.84 Å². The van der Waals surface area contributed by atoms with Gasteiger partial charge in [0.15, 0.2) is 0 Å². The lowest BCUT2D eigenvalue weighted by atomic mass is 10.1. The van der Waals surface area contributed by atoms with Crippen LogP contribution in [0.15, 0.2) is 39.4 Å².